The van der Waals surface area contributed by atoms with Crippen molar-refractivity contribution in [2.75, 3.05) is 9.80 Å². The predicted molar refractivity (Wildman–Crippen MR) is 262 cm³/mol. The van der Waals surface area contributed by atoms with Crippen molar-refractivity contribution < 1.29 is 0 Å². The summed E-state index contributed by atoms with van der Waals surface area (Å²) < 4.78 is 2.71. The standard InChI is InChI=1S/C58H37BN2S/c1-36-28-30-43-44-34-45-54(35-49(44)58(48(43)32-36)46-24-13-11-22-41(46)42-23-12-14-25-47(42)58)62-57-56(45)61(40-20-9-4-10-21-40)52-27-15-26-51-55(52)59(57)50-31-29-38(37-16-5-2-6-17-37)33-53(50)60(51)39-18-7-3-8-19-39/h2-35H,1H3. The third-order valence-electron chi connectivity index (χ3n) is 14.1. The van der Waals surface area contributed by atoms with Gasteiger partial charge in [-0.2, -0.15) is 0 Å². The maximum atomic E-state index is 2.59. The van der Waals surface area contributed by atoms with Crippen molar-refractivity contribution in [2.45, 2.75) is 12.3 Å². The highest BCUT2D eigenvalue weighted by atomic mass is 32.1. The van der Waals surface area contributed by atoms with Crippen LogP contribution in [-0.2, 0) is 5.41 Å². The molecule has 4 heteroatoms. The molecule has 3 heterocycles. The van der Waals surface area contributed by atoms with E-state index in [0.717, 1.165) is 5.69 Å². The first-order valence-electron chi connectivity index (χ1n) is 21.6. The predicted octanol–water partition coefficient (Wildman–Crippen LogP) is 13.3. The Balaban J connectivity index is 1.09. The van der Waals surface area contributed by atoms with Gasteiger partial charge in [-0.05, 0) is 128 Å². The van der Waals surface area contributed by atoms with Gasteiger partial charge in [0, 0.05) is 43.3 Å². The van der Waals surface area contributed by atoms with E-state index in [4.69, 9.17) is 0 Å². The number of fused-ring (bicyclic) bond motifs is 16. The van der Waals surface area contributed by atoms with E-state index in [1.54, 1.807) is 0 Å². The number of anilines is 6. The van der Waals surface area contributed by atoms with Crippen molar-refractivity contribution in [2.24, 2.45) is 0 Å². The molecule has 4 aliphatic rings. The lowest BCUT2D eigenvalue weighted by atomic mass is 9.36. The molecule has 1 spiro atoms. The van der Waals surface area contributed by atoms with Crippen LogP contribution >= 0.6 is 11.3 Å². The zero-order valence-corrected chi connectivity index (χ0v) is 34.8. The molecule has 0 N–H and O–H groups in total. The van der Waals surface area contributed by atoms with Crippen LogP contribution in [0.1, 0.15) is 27.8 Å². The minimum atomic E-state index is -0.404. The fourth-order valence-corrected chi connectivity index (χ4v) is 13.0. The molecule has 0 atom stereocenters. The zero-order valence-electron chi connectivity index (χ0n) is 34.0. The molecule has 62 heavy (non-hydrogen) atoms. The van der Waals surface area contributed by atoms with E-state index >= 15 is 0 Å². The van der Waals surface area contributed by atoms with E-state index in [1.807, 2.05) is 11.3 Å². The van der Waals surface area contributed by atoms with Crippen molar-refractivity contribution in [3.05, 3.63) is 234 Å². The summed E-state index contributed by atoms with van der Waals surface area (Å²) >= 11 is 1.99. The smallest absolute Gasteiger partial charge is 0.264 e. The summed E-state index contributed by atoms with van der Waals surface area (Å²) in [6.45, 7) is 2.28. The molecule has 10 aromatic rings. The van der Waals surface area contributed by atoms with Gasteiger partial charge >= 0.3 is 0 Å². The maximum absolute atomic E-state index is 2.59. The van der Waals surface area contributed by atoms with Crippen LogP contribution in [0.15, 0.2) is 206 Å². The van der Waals surface area contributed by atoms with Gasteiger partial charge in [-0.25, -0.2) is 0 Å². The second-order valence-electron chi connectivity index (χ2n) is 17.2. The van der Waals surface area contributed by atoms with Crippen molar-refractivity contribution >= 4 is 78.0 Å². The van der Waals surface area contributed by atoms with Gasteiger partial charge in [0.05, 0.1) is 11.1 Å². The fourth-order valence-electron chi connectivity index (χ4n) is 11.7. The molecule has 9 aromatic carbocycles. The minimum Gasteiger partial charge on any atom is -0.311 e. The molecule has 1 aromatic heterocycles. The first kappa shape index (κ1) is 34.3. The largest absolute Gasteiger partial charge is 0.311 e. The Morgan fingerprint density at radius 3 is 1.74 bits per heavy atom. The first-order chi connectivity index (χ1) is 30.7. The molecule has 14 rings (SSSR count). The molecule has 2 aliphatic carbocycles. The molecule has 2 nitrogen and oxygen atoms in total. The Hall–Kier alpha value is -7.40. The van der Waals surface area contributed by atoms with Gasteiger partial charge in [-0.15, -0.1) is 11.3 Å². The monoisotopic (exact) mass is 804 g/mol. The number of hydrogen-bond donors (Lipinski definition) is 0. The molecule has 0 saturated carbocycles. The van der Waals surface area contributed by atoms with Crippen molar-refractivity contribution in [3.63, 3.8) is 0 Å². The number of benzene rings is 9. The Morgan fingerprint density at radius 1 is 0.435 bits per heavy atom. The molecule has 288 valence electrons. The van der Waals surface area contributed by atoms with E-state index in [2.05, 4.69) is 223 Å². The summed E-state index contributed by atoms with van der Waals surface area (Å²) in [5, 5.41) is 1.31. The summed E-state index contributed by atoms with van der Waals surface area (Å²) in [6, 6.07) is 77.5. The SMILES string of the molecule is Cc1ccc2c(c1)C1(c3ccccc3-c3ccccc31)c1cc3sc4c(c3cc1-2)N(c1ccccc1)c1cccc2c1B4c1ccc(-c3ccccc3)cc1N2c1ccccc1. The number of aryl methyl sites for hydroxylation is 1. The van der Waals surface area contributed by atoms with Gasteiger partial charge in [0.1, 0.15) is 0 Å². The average Bonchev–Trinajstić information content (AvgIpc) is 3.94. The van der Waals surface area contributed by atoms with E-state index < -0.39 is 5.41 Å². The average molecular weight is 805 g/mol. The normalized spacial score (nSPS) is 14.2. The van der Waals surface area contributed by atoms with Crippen LogP contribution < -0.4 is 25.5 Å². The lowest BCUT2D eigenvalue weighted by Crippen LogP contribution is -2.60. The molecular weight excluding hydrogens is 768 g/mol. The molecule has 0 saturated heterocycles. The van der Waals surface area contributed by atoms with Gasteiger partial charge < -0.3 is 9.80 Å². The van der Waals surface area contributed by atoms with Crippen LogP contribution in [0.5, 0.6) is 0 Å². The number of thiophene rings is 1. The second kappa shape index (κ2) is 12.6. The summed E-state index contributed by atoms with van der Waals surface area (Å²) in [7, 11) is 0. The molecule has 0 bridgehead atoms. The van der Waals surface area contributed by atoms with E-state index in [-0.39, 0.29) is 6.71 Å². The molecule has 0 amide bonds. The summed E-state index contributed by atoms with van der Waals surface area (Å²) in [5.74, 6) is 0. The van der Waals surface area contributed by atoms with Crippen LogP contribution in [-0.4, -0.2) is 6.71 Å². The molecule has 0 fully saturated rings. The molecule has 2 aliphatic heterocycles. The van der Waals surface area contributed by atoms with Crippen LogP contribution in [0.4, 0.5) is 34.1 Å². The van der Waals surface area contributed by atoms with Gasteiger partial charge in [-0.1, -0.05) is 157 Å². The quantitative estimate of drug-likeness (QED) is 0.164. The van der Waals surface area contributed by atoms with Gasteiger partial charge in [0.25, 0.3) is 6.71 Å². The van der Waals surface area contributed by atoms with E-state index in [9.17, 15) is 0 Å². The Kier molecular flexibility index (Phi) is 6.96. The van der Waals surface area contributed by atoms with Crippen LogP contribution in [0.2, 0.25) is 0 Å². The van der Waals surface area contributed by atoms with Crippen LogP contribution in [0.3, 0.4) is 0 Å². The summed E-state index contributed by atoms with van der Waals surface area (Å²) in [4.78, 5) is 5.08. The number of nitrogens with zero attached hydrogens (tertiary/aromatic N) is 2. The van der Waals surface area contributed by atoms with Crippen LogP contribution in [0, 0.1) is 6.92 Å². The van der Waals surface area contributed by atoms with Gasteiger partial charge in [0.15, 0.2) is 0 Å². The Bertz CT molecular complexity index is 3460. The number of rotatable bonds is 3. The first-order valence-corrected chi connectivity index (χ1v) is 22.4. The highest BCUT2D eigenvalue weighted by molar-refractivity contribution is 7.33. The van der Waals surface area contributed by atoms with Crippen molar-refractivity contribution in [3.8, 4) is 33.4 Å². The topological polar surface area (TPSA) is 6.48 Å². The van der Waals surface area contributed by atoms with E-state index in [1.165, 1.54) is 115 Å². The number of hydrogen-bond acceptors (Lipinski definition) is 3. The van der Waals surface area contributed by atoms with Crippen molar-refractivity contribution in [1.82, 2.24) is 0 Å². The maximum Gasteiger partial charge on any atom is 0.264 e. The second-order valence-corrected chi connectivity index (χ2v) is 18.3. The highest BCUT2D eigenvalue weighted by Gasteiger charge is 2.52. The molecule has 0 unspecified atom stereocenters. The fraction of sp³-hybridized carbons (Fsp3) is 0.0345. The van der Waals surface area contributed by atoms with E-state index in [0.29, 0.717) is 0 Å². The highest BCUT2D eigenvalue weighted by Crippen LogP contribution is 2.64. The minimum absolute atomic E-state index is 0.0417. The van der Waals surface area contributed by atoms with Crippen molar-refractivity contribution in [1.29, 1.82) is 0 Å². The lowest BCUT2D eigenvalue weighted by Gasteiger charge is -2.43. The van der Waals surface area contributed by atoms with Gasteiger partial charge in [-0.3, -0.25) is 0 Å². The zero-order chi connectivity index (χ0) is 40.7. The third kappa shape index (κ3) is 4.39. The molecule has 0 radical (unpaired) electrons. The Morgan fingerprint density at radius 2 is 1.03 bits per heavy atom. The van der Waals surface area contributed by atoms with Crippen LogP contribution in [0.25, 0.3) is 43.5 Å². The lowest BCUT2D eigenvalue weighted by molar-refractivity contribution is 0.794. The molecular formula is C58H37BN2S. The third-order valence-corrected chi connectivity index (χ3v) is 15.3. The Labute approximate surface area is 365 Å². The number of para-hydroxylation sites is 2. The summed E-state index contributed by atoms with van der Waals surface area (Å²) in [5.41, 5.74) is 24.2. The van der Waals surface area contributed by atoms with Gasteiger partial charge in [0.2, 0.25) is 0 Å². The summed E-state index contributed by atoms with van der Waals surface area (Å²) in [6.07, 6.45) is 0.